The summed E-state index contributed by atoms with van der Waals surface area (Å²) in [5.74, 6) is -0.0963. The van der Waals surface area contributed by atoms with Crippen LogP contribution >= 0.6 is 0 Å². The number of nitrogens with zero attached hydrogens (tertiary/aromatic N) is 2. The van der Waals surface area contributed by atoms with Crippen molar-refractivity contribution >= 4 is 27.7 Å². The largest absolute Gasteiger partial charge is 0.353 e. The number of nitrogens with one attached hydrogen (secondary N) is 1. The summed E-state index contributed by atoms with van der Waals surface area (Å²) in [4.78, 5) is 22.1. The van der Waals surface area contributed by atoms with Crippen molar-refractivity contribution in [3.05, 3.63) is 66.5 Å². The Labute approximate surface area is 139 Å². The smallest absolute Gasteiger partial charge is 0.272 e. The lowest BCUT2D eigenvalue weighted by Crippen LogP contribution is -2.23. The first-order chi connectivity index (χ1) is 11.7. The average molecular weight is 315 g/mol. The highest BCUT2D eigenvalue weighted by Gasteiger charge is 2.21. The molecule has 4 nitrogen and oxygen atoms in total. The van der Waals surface area contributed by atoms with Gasteiger partial charge in [0.1, 0.15) is 5.69 Å². The monoisotopic (exact) mass is 315 g/mol. The standard InChI is InChI=1S/C20H17N3O/c1-23(2)20(24)19-17(13-8-4-3-5-9-13)18-14-10-6-7-11-15(14)22-16(18)12-21-19/h3-12,22H,1-2H3. The van der Waals surface area contributed by atoms with Gasteiger partial charge in [0.2, 0.25) is 0 Å². The first-order valence-corrected chi connectivity index (χ1v) is 7.83. The molecule has 0 aliphatic rings. The van der Waals surface area contributed by atoms with Crippen molar-refractivity contribution in [2.75, 3.05) is 14.1 Å². The summed E-state index contributed by atoms with van der Waals surface area (Å²) < 4.78 is 0. The summed E-state index contributed by atoms with van der Waals surface area (Å²) >= 11 is 0. The van der Waals surface area contributed by atoms with E-state index in [4.69, 9.17) is 0 Å². The van der Waals surface area contributed by atoms with Crippen molar-refractivity contribution in [1.82, 2.24) is 14.9 Å². The number of H-pyrrole nitrogens is 1. The molecule has 2 heterocycles. The van der Waals surface area contributed by atoms with E-state index in [0.717, 1.165) is 32.9 Å². The van der Waals surface area contributed by atoms with E-state index in [9.17, 15) is 4.79 Å². The molecule has 0 aliphatic carbocycles. The van der Waals surface area contributed by atoms with Gasteiger partial charge in [-0.1, -0.05) is 48.5 Å². The molecule has 0 fully saturated rings. The molecule has 4 heteroatoms. The predicted octanol–water partition coefficient (Wildman–Crippen LogP) is 4.08. The zero-order valence-electron chi connectivity index (χ0n) is 13.6. The van der Waals surface area contributed by atoms with E-state index in [1.807, 2.05) is 48.5 Å². The van der Waals surface area contributed by atoms with Crippen LogP contribution in [0.4, 0.5) is 0 Å². The topological polar surface area (TPSA) is 49.0 Å². The second-order valence-electron chi connectivity index (χ2n) is 6.01. The molecule has 0 atom stereocenters. The Morgan fingerprint density at radius 2 is 1.67 bits per heavy atom. The van der Waals surface area contributed by atoms with Gasteiger partial charge in [0.15, 0.2) is 0 Å². The number of aromatic nitrogens is 2. The molecular formula is C20H17N3O. The van der Waals surface area contributed by atoms with Crippen LogP contribution in [0.3, 0.4) is 0 Å². The van der Waals surface area contributed by atoms with E-state index in [2.05, 4.69) is 16.0 Å². The SMILES string of the molecule is CN(C)C(=O)c1ncc2[nH]c3ccccc3c2c1-c1ccccc1. The van der Waals surface area contributed by atoms with Gasteiger partial charge < -0.3 is 9.88 Å². The number of rotatable bonds is 2. The van der Waals surface area contributed by atoms with E-state index in [1.165, 1.54) is 0 Å². The number of carbonyl (C=O) groups excluding carboxylic acids is 1. The van der Waals surface area contributed by atoms with E-state index in [-0.39, 0.29) is 5.91 Å². The van der Waals surface area contributed by atoms with Crippen LogP contribution in [0.5, 0.6) is 0 Å². The molecule has 0 radical (unpaired) electrons. The molecule has 2 aromatic carbocycles. The normalized spacial score (nSPS) is 11.1. The minimum atomic E-state index is -0.0963. The third-order valence-electron chi connectivity index (χ3n) is 4.22. The van der Waals surface area contributed by atoms with Crippen molar-refractivity contribution in [2.24, 2.45) is 0 Å². The van der Waals surface area contributed by atoms with Crippen LogP contribution in [0.25, 0.3) is 32.9 Å². The summed E-state index contributed by atoms with van der Waals surface area (Å²) in [5.41, 5.74) is 4.32. The predicted molar refractivity (Wildman–Crippen MR) is 97.1 cm³/mol. The second-order valence-corrected chi connectivity index (χ2v) is 6.01. The number of carbonyl (C=O) groups is 1. The van der Waals surface area contributed by atoms with Gasteiger partial charge in [-0.3, -0.25) is 4.79 Å². The fraction of sp³-hybridized carbons (Fsp3) is 0.100. The third-order valence-corrected chi connectivity index (χ3v) is 4.22. The van der Waals surface area contributed by atoms with Crippen LogP contribution in [0, 0.1) is 0 Å². The lowest BCUT2D eigenvalue weighted by Gasteiger charge is -2.14. The summed E-state index contributed by atoms with van der Waals surface area (Å²) in [5, 5.41) is 2.14. The Balaban J connectivity index is 2.17. The first kappa shape index (κ1) is 14.5. The summed E-state index contributed by atoms with van der Waals surface area (Å²) in [7, 11) is 3.50. The van der Waals surface area contributed by atoms with E-state index in [1.54, 1.807) is 25.2 Å². The average Bonchev–Trinajstić information content (AvgIpc) is 2.99. The molecule has 2 aromatic heterocycles. The Morgan fingerprint density at radius 3 is 2.42 bits per heavy atom. The fourth-order valence-electron chi connectivity index (χ4n) is 3.10. The number of aromatic amines is 1. The maximum atomic E-state index is 12.7. The van der Waals surface area contributed by atoms with Crippen molar-refractivity contribution in [1.29, 1.82) is 0 Å². The number of hydrogen-bond acceptors (Lipinski definition) is 2. The van der Waals surface area contributed by atoms with E-state index < -0.39 is 0 Å². The molecule has 4 aromatic rings. The molecule has 0 spiro atoms. The van der Waals surface area contributed by atoms with Crippen LogP contribution in [0.1, 0.15) is 10.5 Å². The Kier molecular flexibility index (Phi) is 3.31. The first-order valence-electron chi connectivity index (χ1n) is 7.83. The van der Waals surface area contributed by atoms with Crippen LogP contribution < -0.4 is 0 Å². The fourth-order valence-corrected chi connectivity index (χ4v) is 3.10. The molecule has 4 rings (SSSR count). The van der Waals surface area contributed by atoms with Crippen LogP contribution in [-0.4, -0.2) is 34.9 Å². The van der Waals surface area contributed by atoms with Gasteiger partial charge in [-0.05, 0) is 11.6 Å². The molecule has 0 bridgehead atoms. The van der Waals surface area contributed by atoms with Gasteiger partial charge in [-0.2, -0.15) is 0 Å². The van der Waals surface area contributed by atoms with Crippen molar-refractivity contribution in [3.63, 3.8) is 0 Å². The zero-order valence-corrected chi connectivity index (χ0v) is 13.6. The third kappa shape index (κ3) is 2.15. The maximum absolute atomic E-state index is 12.7. The van der Waals surface area contributed by atoms with Gasteiger partial charge in [0.05, 0.1) is 11.7 Å². The van der Waals surface area contributed by atoms with Gasteiger partial charge in [-0.25, -0.2) is 4.98 Å². The highest BCUT2D eigenvalue weighted by molar-refractivity contribution is 6.18. The summed E-state index contributed by atoms with van der Waals surface area (Å²) in [6.07, 6.45) is 1.75. The molecule has 0 aliphatic heterocycles. The molecule has 0 unspecified atom stereocenters. The molecule has 0 saturated carbocycles. The van der Waals surface area contributed by atoms with Gasteiger partial charge >= 0.3 is 0 Å². The highest BCUT2D eigenvalue weighted by Crippen LogP contribution is 2.36. The number of hydrogen-bond donors (Lipinski definition) is 1. The number of para-hydroxylation sites is 1. The lowest BCUT2D eigenvalue weighted by atomic mass is 9.97. The number of amides is 1. The summed E-state index contributed by atoms with van der Waals surface area (Å²) in [6.45, 7) is 0. The van der Waals surface area contributed by atoms with Crippen molar-refractivity contribution < 1.29 is 4.79 Å². The Morgan fingerprint density at radius 1 is 0.958 bits per heavy atom. The molecule has 24 heavy (non-hydrogen) atoms. The second kappa shape index (κ2) is 5.49. The highest BCUT2D eigenvalue weighted by atomic mass is 16.2. The van der Waals surface area contributed by atoms with Crippen molar-refractivity contribution in [2.45, 2.75) is 0 Å². The Bertz CT molecular complexity index is 1050. The van der Waals surface area contributed by atoms with Gasteiger partial charge in [-0.15, -0.1) is 0 Å². The number of fused-ring (bicyclic) bond motifs is 3. The van der Waals surface area contributed by atoms with Crippen molar-refractivity contribution in [3.8, 4) is 11.1 Å². The molecular weight excluding hydrogens is 298 g/mol. The van der Waals surface area contributed by atoms with Gasteiger partial charge in [0, 0.05) is 35.9 Å². The number of benzene rings is 2. The van der Waals surface area contributed by atoms with Crippen LogP contribution in [0.15, 0.2) is 60.8 Å². The molecule has 0 saturated heterocycles. The van der Waals surface area contributed by atoms with E-state index in [0.29, 0.717) is 5.69 Å². The Hall–Kier alpha value is -3.14. The van der Waals surface area contributed by atoms with Gasteiger partial charge in [0.25, 0.3) is 5.91 Å². The number of pyridine rings is 1. The minimum Gasteiger partial charge on any atom is -0.353 e. The molecule has 118 valence electrons. The molecule has 1 N–H and O–H groups in total. The quantitative estimate of drug-likeness (QED) is 0.606. The zero-order chi connectivity index (χ0) is 16.7. The minimum absolute atomic E-state index is 0.0963. The maximum Gasteiger partial charge on any atom is 0.272 e. The lowest BCUT2D eigenvalue weighted by molar-refractivity contribution is 0.0823. The van der Waals surface area contributed by atoms with Crippen LogP contribution in [-0.2, 0) is 0 Å². The van der Waals surface area contributed by atoms with E-state index >= 15 is 0 Å². The summed E-state index contributed by atoms with van der Waals surface area (Å²) in [6, 6.07) is 18.1. The molecule has 1 amide bonds. The van der Waals surface area contributed by atoms with Crippen LogP contribution in [0.2, 0.25) is 0 Å².